The molecule has 1 rings (SSSR count). The summed E-state index contributed by atoms with van der Waals surface area (Å²) in [6.07, 6.45) is 1.83. The van der Waals surface area contributed by atoms with Crippen LogP contribution >= 0.6 is 8.73 Å². The van der Waals surface area contributed by atoms with Crippen LogP contribution < -0.4 is 5.20 Å². The van der Waals surface area contributed by atoms with Gasteiger partial charge in [-0.3, -0.25) is 4.68 Å². The van der Waals surface area contributed by atoms with Crippen LogP contribution in [0.4, 0.5) is 0 Å². The van der Waals surface area contributed by atoms with Crippen LogP contribution in [0, 0.1) is 11.3 Å². The fourth-order valence-corrected chi connectivity index (χ4v) is 1.13. The first-order valence-corrected chi connectivity index (χ1v) is 4.38. The Balaban J connectivity index is 2.82. The van der Waals surface area contributed by atoms with Crippen molar-refractivity contribution >= 4 is 8.73 Å². The van der Waals surface area contributed by atoms with E-state index in [1.54, 1.807) is 10.7 Å². The Kier molecular flexibility index (Phi) is 2.30. The van der Waals surface area contributed by atoms with Crippen molar-refractivity contribution in [3.8, 4) is 6.07 Å². The minimum atomic E-state index is 0.613. The zero-order valence-corrected chi connectivity index (χ0v) is 6.63. The average Bonchev–Trinajstić information content (AvgIpc) is 2.36. The van der Waals surface area contributed by atoms with Gasteiger partial charge in [-0.15, -0.1) is 0 Å². The van der Waals surface area contributed by atoms with Gasteiger partial charge in [0.05, 0.1) is 0 Å². The van der Waals surface area contributed by atoms with Crippen molar-refractivity contribution < 1.29 is 0 Å². The predicted molar refractivity (Wildman–Crippen MR) is 42.7 cm³/mol. The summed E-state index contributed by atoms with van der Waals surface area (Å²) in [4.78, 5) is 0. The van der Waals surface area contributed by atoms with Crippen molar-refractivity contribution in [2.45, 2.75) is 0 Å². The Labute approximate surface area is 61.5 Å². The average molecular weight is 153 g/mol. The molecule has 1 aromatic heterocycles. The van der Waals surface area contributed by atoms with E-state index in [0.29, 0.717) is 14.4 Å². The molecular formula is C6H8N3P. The molecule has 0 spiro atoms. The molecule has 0 fully saturated rings. The van der Waals surface area contributed by atoms with Gasteiger partial charge in [0.25, 0.3) is 0 Å². The van der Waals surface area contributed by atoms with Gasteiger partial charge in [-0.25, -0.2) is 0 Å². The third kappa shape index (κ3) is 1.29. The van der Waals surface area contributed by atoms with Gasteiger partial charge in [0.1, 0.15) is 11.8 Å². The minimum absolute atomic E-state index is 0.613. The van der Waals surface area contributed by atoms with Crippen LogP contribution in [0.1, 0.15) is 5.69 Å². The van der Waals surface area contributed by atoms with Crippen molar-refractivity contribution in [2.75, 3.05) is 11.9 Å². The Hall–Kier alpha value is -1.00. The molecule has 0 aliphatic heterocycles. The Morgan fingerprint density at radius 1 is 1.80 bits per heavy atom. The van der Waals surface area contributed by atoms with Gasteiger partial charge in [0.2, 0.25) is 0 Å². The highest BCUT2D eigenvalue weighted by Crippen LogP contribution is 2.03. The zero-order valence-electron chi connectivity index (χ0n) is 5.63. The maximum atomic E-state index is 8.53. The summed E-state index contributed by atoms with van der Waals surface area (Å²) in [6.45, 7) is 2.02. The van der Waals surface area contributed by atoms with Crippen LogP contribution in [0.5, 0.6) is 0 Å². The number of hydrogen-bond acceptors (Lipinski definition) is 2. The van der Waals surface area contributed by atoms with E-state index in [1.807, 2.05) is 18.9 Å². The molecule has 0 aliphatic carbocycles. The van der Waals surface area contributed by atoms with Crippen LogP contribution in [0.2, 0.25) is 0 Å². The molecule has 1 atom stereocenters. The normalized spacial score (nSPS) is 10.0. The molecule has 1 aromatic rings. The van der Waals surface area contributed by atoms with Crippen LogP contribution in [0.15, 0.2) is 18.3 Å². The summed E-state index contributed by atoms with van der Waals surface area (Å²) < 4.78 is 1.72. The van der Waals surface area contributed by atoms with E-state index in [4.69, 9.17) is 5.26 Å². The van der Waals surface area contributed by atoms with Crippen molar-refractivity contribution in [2.24, 2.45) is 0 Å². The van der Waals surface area contributed by atoms with Crippen LogP contribution in [-0.4, -0.2) is 11.3 Å². The smallest absolute Gasteiger partial charge is 0.139 e. The highest BCUT2D eigenvalue weighted by atomic mass is 31.1. The topological polar surface area (TPSA) is 40.8 Å². The molecule has 0 bridgehead atoms. The molecule has 4 heteroatoms. The van der Waals surface area contributed by atoms with Crippen molar-refractivity contribution in [3.63, 3.8) is 0 Å². The molecule has 0 radical (unpaired) electrons. The first-order chi connectivity index (χ1) is 4.88. The van der Waals surface area contributed by atoms with E-state index >= 15 is 0 Å². The summed E-state index contributed by atoms with van der Waals surface area (Å²) in [5.41, 5.74) is 0.648. The standard InChI is InChI=1S/C6H8N3P/c1-10-8-9-4-2-3-6(9)5-7/h2-4,8,10H,1H3. The van der Waals surface area contributed by atoms with E-state index in [9.17, 15) is 0 Å². The number of nitrogens with zero attached hydrogens (tertiary/aromatic N) is 2. The number of nitriles is 1. The van der Waals surface area contributed by atoms with E-state index in [-0.39, 0.29) is 0 Å². The molecule has 3 nitrogen and oxygen atoms in total. The molecule has 0 saturated carbocycles. The van der Waals surface area contributed by atoms with Crippen LogP contribution in [0.3, 0.4) is 0 Å². The van der Waals surface area contributed by atoms with Gasteiger partial charge in [0.15, 0.2) is 0 Å². The van der Waals surface area contributed by atoms with Crippen molar-refractivity contribution in [1.82, 2.24) is 4.68 Å². The second-order valence-electron chi connectivity index (χ2n) is 1.74. The maximum absolute atomic E-state index is 8.53. The fraction of sp³-hybridized carbons (Fsp3) is 0.167. The monoisotopic (exact) mass is 153 g/mol. The molecule has 0 aromatic carbocycles. The molecule has 1 unspecified atom stereocenters. The predicted octanol–water partition coefficient (Wildman–Crippen LogP) is 1.13. The second-order valence-corrected chi connectivity index (χ2v) is 2.46. The molecular weight excluding hydrogens is 145 g/mol. The number of hydrogen-bond donors (Lipinski definition) is 1. The fourth-order valence-electron chi connectivity index (χ4n) is 0.690. The molecule has 52 valence electrons. The lowest BCUT2D eigenvalue weighted by molar-refractivity contribution is 0.992. The highest BCUT2D eigenvalue weighted by Gasteiger charge is 1.94. The quantitative estimate of drug-likeness (QED) is 0.647. The van der Waals surface area contributed by atoms with Gasteiger partial charge in [-0.05, 0) is 27.5 Å². The molecule has 0 aliphatic rings. The van der Waals surface area contributed by atoms with Gasteiger partial charge < -0.3 is 5.20 Å². The summed E-state index contributed by atoms with van der Waals surface area (Å²) in [7, 11) is 0.613. The van der Waals surface area contributed by atoms with Crippen molar-refractivity contribution in [1.29, 1.82) is 5.26 Å². The van der Waals surface area contributed by atoms with Crippen molar-refractivity contribution in [3.05, 3.63) is 24.0 Å². The highest BCUT2D eigenvalue weighted by molar-refractivity contribution is 7.38. The van der Waals surface area contributed by atoms with Gasteiger partial charge >= 0.3 is 0 Å². The Morgan fingerprint density at radius 2 is 2.60 bits per heavy atom. The molecule has 1 N–H and O–H groups in total. The summed E-state index contributed by atoms with van der Waals surface area (Å²) >= 11 is 0. The minimum Gasteiger partial charge on any atom is -0.308 e. The number of nitrogens with one attached hydrogen (secondary N) is 1. The number of rotatable bonds is 2. The zero-order chi connectivity index (χ0) is 7.40. The Morgan fingerprint density at radius 3 is 3.20 bits per heavy atom. The van der Waals surface area contributed by atoms with E-state index in [2.05, 4.69) is 11.3 Å². The third-order valence-electron chi connectivity index (χ3n) is 1.10. The molecule has 0 saturated heterocycles. The van der Waals surface area contributed by atoms with Gasteiger partial charge in [0, 0.05) is 6.20 Å². The second kappa shape index (κ2) is 3.24. The first-order valence-electron chi connectivity index (χ1n) is 2.88. The Bertz CT molecular complexity index is 248. The van der Waals surface area contributed by atoms with Gasteiger partial charge in [-0.2, -0.15) is 5.26 Å². The molecule has 10 heavy (non-hydrogen) atoms. The van der Waals surface area contributed by atoms with Crippen LogP contribution in [0.25, 0.3) is 0 Å². The molecule has 1 heterocycles. The lowest BCUT2D eigenvalue weighted by atomic mass is 10.5. The SMILES string of the molecule is CPNn1cccc1C#N. The van der Waals surface area contributed by atoms with E-state index in [0.717, 1.165) is 0 Å². The lowest BCUT2D eigenvalue weighted by Crippen LogP contribution is -2.04. The van der Waals surface area contributed by atoms with E-state index < -0.39 is 0 Å². The third-order valence-corrected chi connectivity index (χ3v) is 1.56. The largest absolute Gasteiger partial charge is 0.308 e. The van der Waals surface area contributed by atoms with E-state index in [1.165, 1.54) is 0 Å². The summed E-state index contributed by atoms with van der Waals surface area (Å²) in [6, 6.07) is 5.68. The van der Waals surface area contributed by atoms with Gasteiger partial charge in [-0.1, -0.05) is 0 Å². The summed E-state index contributed by atoms with van der Waals surface area (Å²) in [5, 5.41) is 11.6. The summed E-state index contributed by atoms with van der Waals surface area (Å²) in [5.74, 6) is 0. The lowest BCUT2D eigenvalue weighted by Gasteiger charge is -2.03. The van der Waals surface area contributed by atoms with Crippen LogP contribution in [-0.2, 0) is 0 Å². The maximum Gasteiger partial charge on any atom is 0.139 e. The number of aromatic nitrogens is 1. The first kappa shape index (κ1) is 7.11. The molecule has 0 amide bonds.